The Labute approximate surface area is 103 Å². The van der Waals surface area contributed by atoms with E-state index in [1.54, 1.807) is 0 Å². The topological polar surface area (TPSA) is 41.1 Å². The van der Waals surface area contributed by atoms with E-state index >= 15 is 0 Å². The molecule has 1 heterocycles. The van der Waals surface area contributed by atoms with Gasteiger partial charge < -0.3 is 10.6 Å². The molecule has 1 aromatic carbocycles. The maximum Gasteiger partial charge on any atom is 0.224 e. The number of rotatable bonds is 3. The van der Waals surface area contributed by atoms with Crippen molar-refractivity contribution in [3.05, 3.63) is 29.3 Å². The molecule has 0 radical (unpaired) electrons. The molecule has 3 nitrogen and oxygen atoms in total. The number of benzene rings is 1. The van der Waals surface area contributed by atoms with E-state index in [0.717, 1.165) is 25.2 Å². The number of hydrogen-bond donors (Lipinski definition) is 2. The van der Waals surface area contributed by atoms with E-state index in [2.05, 4.69) is 36.6 Å². The summed E-state index contributed by atoms with van der Waals surface area (Å²) in [6.45, 7) is 6.06. The van der Waals surface area contributed by atoms with Crippen molar-refractivity contribution >= 4 is 11.6 Å². The highest BCUT2D eigenvalue weighted by molar-refractivity contribution is 5.90. The lowest BCUT2D eigenvalue weighted by Gasteiger charge is -2.18. The molecule has 0 spiro atoms. The number of anilines is 1. The smallest absolute Gasteiger partial charge is 0.224 e. The summed E-state index contributed by atoms with van der Waals surface area (Å²) in [6.07, 6.45) is 1.66. The van der Waals surface area contributed by atoms with Gasteiger partial charge in [-0.25, -0.2) is 0 Å². The van der Waals surface area contributed by atoms with Crippen LogP contribution in [0.15, 0.2) is 18.2 Å². The largest absolute Gasteiger partial charge is 0.326 e. The van der Waals surface area contributed by atoms with Crippen molar-refractivity contribution in [1.29, 1.82) is 0 Å². The second-order valence-electron chi connectivity index (χ2n) is 5.06. The van der Waals surface area contributed by atoms with Gasteiger partial charge in [0.25, 0.3) is 0 Å². The molecule has 0 fully saturated rings. The Kier molecular flexibility index (Phi) is 3.79. The van der Waals surface area contributed by atoms with E-state index in [0.29, 0.717) is 12.3 Å². The van der Waals surface area contributed by atoms with Gasteiger partial charge in [-0.1, -0.05) is 19.9 Å². The monoisotopic (exact) mass is 232 g/mol. The van der Waals surface area contributed by atoms with Gasteiger partial charge in [0.1, 0.15) is 0 Å². The second-order valence-corrected chi connectivity index (χ2v) is 5.06. The van der Waals surface area contributed by atoms with Crippen molar-refractivity contribution in [2.24, 2.45) is 5.92 Å². The van der Waals surface area contributed by atoms with E-state index in [-0.39, 0.29) is 5.91 Å². The number of carbonyl (C=O) groups is 1. The third-order valence-electron chi connectivity index (χ3n) is 2.97. The molecule has 1 aromatic rings. The van der Waals surface area contributed by atoms with Crippen molar-refractivity contribution < 1.29 is 4.79 Å². The predicted octanol–water partition coefficient (Wildman–Crippen LogP) is 2.32. The van der Waals surface area contributed by atoms with Crippen LogP contribution in [-0.4, -0.2) is 12.5 Å². The normalized spacial score (nSPS) is 14.5. The molecule has 0 bridgehead atoms. The van der Waals surface area contributed by atoms with Gasteiger partial charge in [-0.2, -0.15) is 0 Å². The highest BCUT2D eigenvalue weighted by Gasteiger charge is 2.10. The molecule has 1 aliphatic heterocycles. The molecule has 1 aliphatic rings. The first-order chi connectivity index (χ1) is 8.15. The van der Waals surface area contributed by atoms with Crippen molar-refractivity contribution in [2.45, 2.75) is 33.2 Å². The van der Waals surface area contributed by atoms with Gasteiger partial charge in [0.2, 0.25) is 5.91 Å². The molecular formula is C14H20N2O. The predicted molar refractivity (Wildman–Crippen MR) is 69.9 cm³/mol. The molecule has 0 unspecified atom stereocenters. The summed E-state index contributed by atoms with van der Waals surface area (Å²) in [5.41, 5.74) is 3.61. The minimum absolute atomic E-state index is 0.101. The Hall–Kier alpha value is -1.35. The Morgan fingerprint density at radius 1 is 1.41 bits per heavy atom. The maximum absolute atomic E-state index is 11.7. The summed E-state index contributed by atoms with van der Waals surface area (Å²) in [5, 5.41) is 6.30. The maximum atomic E-state index is 11.7. The molecule has 92 valence electrons. The molecule has 0 atom stereocenters. The van der Waals surface area contributed by atoms with E-state index in [1.807, 2.05) is 6.07 Å². The lowest BCUT2D eigenvalue weighted by Crippen LogP contribution is -2.23. The van der Waals surface area contributed by atoms with Gasteiger partial charge in [-0.3, -0.25) is 4.79 Å². The highest BCUT2D eigenvalue weighted by Crippen LogP contribution is 2.19. The van der Waals surface area contributed by atoms with Crippen molar-refractivity contribution in [2.75, 3.05) is 11.9 Å². The summed E-state index contributed by atoms with van der Waals surface area (Å²) >= 11 is 0. The third-order valence-corrected chi connectivity index (χ3v) is 2.97. The Balaban J connectivity index is 2.04. The molecule has 2 N–H and O–H groups in total. The number of nitrogens with one attached hydrogen (secondary N) is 2. The van der Waals surface area contributed by atoms with Crippen LogP contribution in [0.4, 0.5) is 5.69 Å². The first-order valence-corrected chi connectivity index (χ1v) is 6.27. The van der Waals surface area contributed by atoms with Crippen LogP contribution in [0.25, 0.3) is 0 Å². The van der Waals surface area contributed by atoms with Crippen LogP contribution in [0.3, 0.4) is 0 Å². The molecule has 0 saturated carbocycles. The van der Waals surface area contributed by atoms with Gasteiger partial charge in [0.05, 0.1) is 0 Å². The Morgan fingerprint density at radius 2 is 2.24 bits per heavy atom. The molecular weight excluding hydrogens is 212 g/mol. The zero-order valence-corrected chi connectivity index (χ0v) is 10.5. The van der Waals surface area contributed by atoms with Crippen molar-refractivity contribution in [3.63, 3.8) is 0 Å². The standard InChI is InChI=1S/C14H20N2O/c1-10(2)7-14(17)16-13-4-3-11-5-6-15-9-12(11)8-13/h3-4,8,10,15H,5-7,9H2,1-2H3,(H,16,17). The summed E-state index contributed by atoms with van der Waals surface area (Å²) in [4.78, 5) is 11.7. The van der Waals surface area contributed by atoms with Crippen LogP contribution in [0.1, 0.15) is 31.4 Å². The first-order valence-electron chi connectivity index (χ1n) is 6.27. The van der Waals surface area contributed by atoms with Crippen molar-refractivity contribution in [1.82, 2.24) is 5.32 Å². The summed E-state index contributed by atoms with van der Waals surface area (Å²) < 4.78 is 0. The average Bonchev–Trinajstić information content (AvgIpc) is 2.27. The second kappa shape index (κ2) is 5.32. The Bertz CT molecular complexity index is 413. The zero-order chi connectivity index (χ0) is 12.3. The minimum Gasteiger partial charge on any atom is -0.326 e. The van der Waals surface area contributed by atoms with Crippen LogP contribution in [0.2, 0.25) is 0 Å². The lowest BCUT2D eigenvalue weighted by atomic mass is 10.0. The summed E-state index contributed by atoms with van der Waals surface area (Å²) in [6, 6.07) is 6.21. The fraction of sp³-hybridized carbons (Fsp3) is 0.500. The molecule has 17 heavy (non-hydrogen) atoms. The fourth-order valence-corrected chi connectivity index (χ4v) is 2.14. The summed E-state index contributed by atoms with van der Waals surface area (Å²) in [5.74, 6) is 0.498. The van der Waals surface area contributed by atoms with Gasteiger partial charge in [-0.15, -0.1) is 0 Å². The lowest BCUT2D eigenvalue weighted by molar-refractivity contribution is -0.116. The minimum atomic E-state index is 0.101. The van der Waals surface area contributed by atoms with Gasteiger partial charge in [0, 0.05) is 18.7 Å². The average molecular weight is 232 g/mol. The molecule has 0 saturated heterocycles. The van der Waals surface area contributed by atoms with Gasteiger partial charge in [-0.05, 0) is 42.1 Å². The molecule has 0 aromatic heterocycles. The number of amides is 1. The van der Waals surface area contributed by atoms with Crippen molar-refractivity contribution in [3.8, 4) is 0 Å². The van der Waals surface area contributed by atoms with Crippen LogP contribution >= 0.6 is 0 Å². The van der Waals surface area contributed by atoms with E-state index in [4.69, 9.17) is 0 Å². The van der Waals surface area contributed by atoms with Gasteiger partial charge in [0.15, 0.2) is 0 Å². The van der Waals surface area contributed by atoms with Crippen LogP contribution in [0.5, 0.6) is 0 Å². The number of fused-ring (bicyclic) bond motifs is 1. The number of hydrogen-bond acceptors (Lipinski definition) is 2. The SMILES string of the molecule is CC(C)CC(=O)Nc1ccc2c(c1)CNCC2. The zero-order valence-electron chi connectivity index (χ0n) is 10.5. The van der Waals surface area contributed by atoms with Crippen LogP contribution < -0.4 is 10.6 Å². The van der Waals surface area contributed by atoms with E-state index in [1.165, 1.54) is 11.1 Å². The number of carbonyl (C=O) groups excluding carboxylic acids is 1. The molecule has 2 rings (SSSR count). The Morgan fingerprint density at radius 3 is 3.00 bits per heavy atom. The molecule has 0 aliphatic carbocycles. The van der Waals surface area contributed by atoms with E-state index in [9.17, 15) is 4.79 Å². The molecule has 1 amide bonds. The van der Waals surface area contributed by atoms with Crippen LogP contribution in [-0.2, 0) is 17.8 Å². The summed E-state index contributed by atoms with van der Waals surface area (Å²) in [7, 11) is 0. The quantitative estimate of drug-likeness (QED) is 0.839. The highest BCUT2D eigenvalue weighted by atomic mass is 16.1. The fourth-order valence-electron chi connectivity index (χ4n) is 2.14. The van der Waals surface area contributed by atoms with E-state index < -0.39 is 0 Å². The first kappa shape index (κ1) is 12.1. The van der Waals surface area contributed by atoms with Crippen LogP contribution in [0, 0.1) is 5.92 Å². The third kappa shape index (κ3) is 3.30. The van der Waals surface area contributed by atoms with Gasteiger partial charge >= 0.3 is 0 Å². The molecule has 3 heteroatoms.